The zero-order chi connectivity index (χ0) is 13.8. The molecule has 1 unspecified atom stereocenters. The molecule has 104 valence electrons. The fourth-order valence-electron chi connectivity index (χ4n) is 2.15. The van der Waals surface area contributed by atoms with Gasteiger partial charge in [-0.3, -0.25) is 4.79 Å². The summed E-state index contributed by atoms with van der Waals surface area (Å²) in [5.41, 5.74) is 6.67. The van der Waals surface area contributed by atoms with Gasteiger partial charge in [0, 0.05) is 25.0 Å². The molecule has 0 bridgehead atoms. The Bertz CT molecular complexity index is 442. The van der Waals surface area contributed by atoms with Gasteiger partial charge in [-0.15, -0.1) is 0 Å². The van der Waals surface area contributed by atoms with Gasteiger partial charge in [-0.1, -0.05) is 12.1 Å². The van der Waals surface area contributed by atoms with Crippen molar-refractivity contribution in [2.75, 3.05) is 0 Å². The van der Waals surface area contributed by atoms with Crippen molar-refractivity contribution in [1.82, 2.24) is 4.90 Å². The molecule has 1 amide bonds. The summed E-state index contributed by atoms with van der Waals surface area (Å²) < 4.78 is 0. The number of hydrogen-bond donors (Lipinski definition) is 2. The highest BCUT2D eigenvalue weighted by Gasteiger charge is 2.32. The van der Waals surface area contributed by atoms with Crippen LogP contribution >= 0.6 is 0 Å². The highest BCUT2D eigenvalue weighted by molar-refractivity contribution is 5.77. The van der Waals surface area contributed by atoms with E-state index in [1.165, 1.54) is 0 Å². The van der Waals surface area contributed by atoms with Crippen molar-refractivity contribution in [3.63, 3.8) is 0 Å². The number of nitrogens with zero attached hydrogens (tertiary/aromatic N) is 1. The van der Waals surface area contributed by atoms with Crippen LogP contribution in [-0.2, 0) is 11.3 Å². The van der Waals surface area contributed by atoms with Crippen LogP contribution in [0.1, 0.15) is 38.2 Å². The van der Waals surface area contributed by atoms with Crippen molar-refractivity contribution in [2.45, 2.75) is 51.2 Å². The number of phenolic OH excluding ortho intramolecular Hbond substituents is 1. The normalized spacial score (nSPS) is 16.1. The molecule has 1 atom stereocenters. The largest absolute Gasteiger partial charge is 0.508 e. The highest BCUT2D eigenvalue weighted by atomic mass is 16.3. The molecular weight excluding hydrogens is 240 g/mol. The first-order valence-corrected chi connectivity index (χ1v) is 6.89. The number of carbonyl (C=O) groups is 1. The number of nitrogens with two attached hydrogens (primary N) is 1. The first-order valence-electron chi connectivity index (χ1n) is 6.89. The van der Waals surface area contributed by atoms with Gasteiger partial charge < -0.3 is 15.7 Å². The maximum absolute atomic E-state index is 12.2. The van der Waals surface area contributed by atoms with Crippen molar-refractivity contribution in [2.24, 2.45) is 5.73 Å². The van der Waals surface area contributed by atoms with Gasteiger partial charge in [0.05, 0.1) is 0 Å². The van der Waals surface area contributed by atoms with E-state index in [1.807, 2.05) is 24.0 Å². The Balaban J connectivity index is 1.98. The second-order valence-corrected chi connectivity index (χ2v) is 5.44. The van der Waals surface area contributed by atoms with Gasteiger partial charge in [0.25, 0.3) is 0 Å². The topological polar surface area (TPSA) is 66.6 Å². The van der Waals surface area contributed by atoms with E-state index in [2.05, 4.69) is 0 Å². The smallest absolute Gasteiger partial charge is 0.223 e. The van der Waals surface area contributed by atoms with Gasteiger partial charge in [-0.25, -0.2) is 0 Å². The molecule has 2 rings (SSSR count). The van der Waals surface area contributed by atoms with Crippen molar-refractivity contribution < 1.29 is 9.90 Å². The van der Waals surface area contributed by atoms with Crippen LogP contribution in [0.3, 0.4) is 0 Å². The van der Waals surface area contributed by atoms with Crippen molar-refractivity contribution in [3.05, 3.63) is 29.8 Å². The molecule has 0 saturated heterocycles. The summed E-state index contributed by atoms with van der Waals surface area (Å²) in [7, 11) is 0. The zero-order valence-corrected chi connectivity index (χ0v) is 11.4. The minimum Gasteiger partial charge on any atom is -0.508 e. The standard InChI is InChI=1S/C15H22N2O2/c1-11(16)5-8-15(19)17(13-6-7-13)10-12-3-2-4-14(18)9-12/h2-4,9,11,13,18H,5-8,10,16H2,1H3. The minimum atomic E-state index is 0.0609. The van der Waals surface area contributed by atoms with Gasteiger partial charge in [0.1, 0.15) is 5.75 Å². The van der Waals surface area contributed by atoms with Crippen LogP contribution in [0.2, 0.25) is 0 Å². The van der Waals surface area contributed by atoms with Crippen LogP contribution in [-0.4, -0.2) is 28.0 Å². The first-order chi connectivity index (χ1) is 9.06. The van der Waals surface area contributed by atoms with Crippen molar-refractivity contribution >= 4 is 5.91 Å². The van der Waals surface area contributed by atoms with E-state index in [-0.39, 0.29) is 17.7 Å². The maximum atomic E-state index is 12.2. The molecule has 1 fully saturated rings. The molecule has 0 aliphatic heterocycles. The SMILES string of the molecule is CC(N)CCC(=O)N(Cc1cccc(O)c1)C1CC1. The Morgan fingerprint density at radius 2 is 2.26 bits per heavy atom. The van der Waals surface area contributed by atoms with Crippen LogP contribution in [0.15, 0.2) is 24.3 Å². The van der Waals surface area contributed by atoms with E-state index < -0.39 is 0 Å². The first kappa shape index (κ1) is 13.9. The molecular formula is C15H22N2O2. The second kappa shape index (κ2) is 6.06. The lowest BCUT2D eigenvalue weighted by atomic mass is 10.1. The van der Waals surface area contributed by atoms with Gasteiger partial charge in [-0.05, 0) is 43.9 Å². The summed E-state index contributed by atoms with van der Waals surface area (Å²) in [5.74, 6) is 0.416. The molecule has 19 heavy (non-hydrogen) atoms. The monoisotopic (exact) mass is 262 g/mol. The third kappa shape index (κ3) is 4.24. The number of carbonyl (C=O) groups excluding carboxylic acids is 1. The van der Waals surface area contributed by atoms with E-state index in [0.29, 0.717) is 19.0 Å². The lowest BCUT2D eigenvalue weighted by Crippen LogP contribution is -2.33. The fraction of sp³-hybridized carbons (Fsp3) is 0.533. The summed E-state index contributed by atoms with van der Waals surface area (Å²) in [6.45, 7) is 2.50. The number of aromatic hydroxyl groups is 1. The number of benzene rings is 1. The summed E-state index contributed by atoms with van der Waals surface area (Å²) in [5, 5.41) is 9.47. The predicted molar refractivity (Wildman–Crippen MR) is 74.6 cm³/mol. The van der Waals surface area contributed by atoms with Crippen molar-refractivity contribution in [3.8, 4) is 5.75 Å². The van der Waals surface area contributed by atoms with E-state index >= 15 is 0 Å². The number of phenols is 1. The minimum absolute atomic E-state index is 0.0609. The van der Waals surface area contributed by atoms with E-state index in [4.69, 9.17) is 5.73 Å². The summed E-state index contributed by atoms with van der Waals surface area (Å²) in [6.07, 6.45) is 3.40. The molecule has 3 N–H and O–H groups in total. The van der Waals surface area contributed by atoms with Gasteiger partial charge in [-0.2, -0.15) is 0 Å². The average molecular weight is 262 g/mol. The van der Waals surface area contributed by atoms with Crippen molar-refractivity contribution in [1.29, 1.82) is 0 Å². The summed E-state index contributed by atoms with van der Waals surface area (Å²) in [4.78, 5) is 14.2. The summed E-state index contributed by atoms with van der Waals surface area (Å²) >= 11 is 0. The molecule has 4 nitrogen and oxygen atoms in total. The molecule has 1 aromatic carbocycles. The highest BCUT2D eigenvalue weighted by Crippen LogP contribution is 2.29. The maximum Gasteiger partial charge on any atom is 0.223 e. The Labute approximate surface area is 114 Å². The number of amides is 1. The average Bonchev–Trinajstić information content (AvgIpc) is 3.17. The second-order valence-electron chi connectivity index (χ2n) is 5.44. The van der Waals surface area contributed by atoms with E-state index in [9.17, 15) is 9.90 Å². The van der Waals surface area contributed by atoms with Gasteiger partial charge >= 0.3 is 0 Å². The number of hydrogen-bond acceptors (Lipinski definition) is 3. The molecule has 0 aromatic heterocycles. The Morgan fingerprint density at radius 1 is 1.53 bits per heavy atom. The quantitative estimate of drug-likeness (QED) is 0.824. The lowest BCUT2D eigenvalue weighted by Gasteiger charge is -2.23. The van der Waals surface area contributed by atoms with Crippen LogP contribution in [0.5, 0.6) is 5.75 Å². The summed E-state index contributed by atoms with van der Waals surface area (Å²) in [6, 6.07) is 7.54. The Kier molecular flexibility index (Phi) is 4.43. The predicted octanol–water partition coefficient (Wildman–Crippen LogP) is 2.01. The third-order valence-corrected chi connectivity index (χ3v) is 3.39. The van der Waals surface area contributed by atoms with Crippen LogP contribution in [0.25, 0.3) is 0 Å². The fourth-order valence-corrected chi connectivity index (χ4v) is 2.15. The number of rotatable bonds is 6. The van der Waals surface area contributed by atoms with Crippen LogP contribution in [0.4, 0.5) is 0 Å². The molecule has 0 heterocycles. The Hall–Kier alpha value is -1.55. The third-order valence-electron chi connectivity index (χ3n) is 3.39. The van der Waals surface area contributed by atoms with Gasteiger partial charge in [0.2, 0.25) is 5.91 Å². The molecule has 1 aromatic rings. The van der Waals surface area contributed by atoms with Crippen LogP contribution in [0, 0.1) is 0 Å². The molecule has 1 saturated carbocycles. The van der Waals surface area contributed by atoms with Crippen LogP contribution < -0.4 is 5.73 Å². The molecule has 0 spiro atoms. The zero-order valence-electron chi connectivity index (χ0n) is 11.4. The Morgan fingerprint density at radius 3 is 2.84 bits per heavy atom. The lowest BCUT2D eigenvalue weighted by molar-refractivity contribution is -0.132. The molecule has 0 radical (unpaired) electrons. The molecule has 4 heteroatoms. The molecule has 1 aliphatic carbocycles. The van der Waals surface area contributed by atoms with Gasteiger partial charge in [0.15, 0.2) is 0 Å². The molecule has 1 aliphatic rings. The van der Waals surface area contributed by atoms with E-state index in [0.717, 1.165) is 24.8 Å². The van der Waals surface area contributed by atoms with E-state index in [1.54, 1.807) is 12.1 Å².